The van der Waals surface area contributed by atoms with Gasteiger partial charge in [0.25, 0.3) is 5.91 Å². The predicted octanol–water partition coefficient (Wildman–Crippen LogP) is 0.608. The first-order valence-electron chi connectivity index (χ1n) is 9.58. The molecule has 0 unspecified atom stereocenters. The number of fused-ring (bicyclic) bond motifs is 1. The van der Waals surface area contributed by atoms with Crippen LogP contribution in [0.25, 0.3) is 0 Å². The summed E-state index contributed by atoms with van der Waals surface area (Å²) >= 11 is 0. The number of para-hydroxylation sites is 2. The highest BCUT2D eigenvalue weighted by Crippen LogP contribution is 2.36. The molecule has 0 bridgehead atoms. The maximum Gasteiger partial charge on any atom is 0.309 e. The third kappa shape index (κ3) is 3.83. The van der Waals surface area contributed by atoms with E-state index in [9.17, 15) is 14.4 Å². The van der Waals surface area contributed by atoms with E-state index >= 15 is 0 Å². The van der Waals surface area contributed by atoms with E-state index in [4.69, 9.17) is 4.74 Å². The van der Waals surface area contributed by atoms with E-state index < -0.39 is 5.54 Å². The first-order chi connectivity index (χ1) is 12.8. The average Bonchev–Trinajstić information content (AvgIpc) is 2.63. The van der Waals surface area contributed by atoms with Gasteiger partial charge in [0, 0.05) is 12.8 Å². The molecule has 0 spiro atoms. The zero-order valence-corrected chi connectivity index (χ0v) is 16.2. The molecule has 7 nitrogen and oxygen atoms in total. The van der Waals surface area contributed by atoms with E-state index in [1.807, 2.05) is 25.1 Å². The molecule has 0 radical (unpaired) electrons. The molecule has 3 rings (SSSR count). The fourth-order valence-corrected chi connectivity index (χ4v) is 3.89. The smallest absolute Gasteiger partial charge is 0.309 e. The SMILES string of the molecule is CCOC(=O)C1CC[NH+](CC(=O)N2c3ccccc3NC(=O)C2(C)C)CC1. The van der Waals surface area contributed by atoms with Crippen LogP contribution in [0, 0.1) is 5.92 Å². The number of quaternary nitrogens is 1. The molecule has 0 atom stereocenters. The Bertz CT molecular complexity index is 738. The minimum atomic E-state index is -0.950. The van der Waals surface area contributed by atoms with E-state index in [0.717, 1.165) is 36.5 Å². The first-order valence-corrected chi connectivity index (χ1v) is 9.58. The number of benzene rings is 1. The minimum absolute atomic E-state index is 0.0678. The van der Waals surface area contributed by atoms with Crippen molar-refractivity contribution in [1.29, 1.82) is 0 Å². The molecule has 1 saturated heterocycles. The summed E-state index contributed by atoms with van der Waals surface area (Å²) in [7, 11) is 0. The lowest BCUT2D eigenvalue weighted by atomic mass is 9.95. The van der Waals surface area contributed by atoms with Crippen LogP contribution < -0.4 is 15.1 Å². The number of ether oxygens (including phenoxy) is 1. The summed E-state index contributed by atoms with van der Waals surface area (Å²) in [5.74, 6) is -0.468. The third-order valence-electron chi connectivity index (χ3n) is 5.47. The summed E-state index contributed by atoms with van der Waals surface area (Å²) in [6.07, 6.45) is 1.45. The topological polar surface area (TPSA) is 80.2 Å². The molecule has 7 heteroatoms. The van der Waals surface area contributed by atoms with Crippen molar-refractivity contribution >= 4 is 29.2 Å². The van der Waals surface area contributed by atoms with Gasteiger partial charge in [-0.1, -0.05) is 12.1 Å². The van der Waals surface area contributed by atoms with Gasteiger partial charge in [-0.15, -0.1) is 0 Å². The van der Waals surface area contributed by atoms with Crippen LogP contribution >= 0.6 is 0 Å². The standard InChI is InChI=1S/C20H27N3O4/c1-4-27-18(25)14-9-11-22(12-10-14)13-17(24)23-16-8-6-5-7-15(16)21-19(26)20(23,2)3/h5-8,14H,4,9-13H2,1-3H3,(H,21,26)/p+1. The van der Waals surface area contributed by atoms with Gasteiger partial charge in [0.2, 0.25) is 5.91 Å². The summed E-state index contributed by atoms with van der Waals surface area (Å²) in [4.78, 5) is 40.3. The number of hydrogen-bond acceptors (Lipinski definition) is 4. The zero-order chi connectivity index (χ0) is 19.6. The molecule has 2 aliphatic heterocycles. The lowest BCUT2D eigenvalue weighted by Crippen LogP contribution is -3.14. The molecule has 2 aliphatic rings. The largest absolute Gasteiger partial charge is 0.466 e. The molecule has 0 aromatic heterocycles. The number of likely N-dealkylation sites (tertiary alicyclic amines) is 1. The Hall–Kier alpha value is -2.41. The number of carbonyl (C=O) groups excluding carboxylic acids is 3. The molecule has 146 valence electrons. The highest BCUT2D eigenvalue weighted by molar-refractivity contribution is 6.14. The average molecular weight is 374 g/mol. The van der Waals surface area contributed by atoms with Crippen LogP contribution in [0.1, 0.15) is 33.6 Å². The number of rotatable bonds is 4. The van der Waals surface area contributed by atoms with Gasteiger partial charge in [-0.2, -0.15) is 0 Å². The van der Waals surface area contributed by atoms with Crippen LogP contribution in [0.5, 0.6) is 0 Å². The molecule has 27 heavy (non-hydrogen) atoms. The van der Waals surface area contributed by atoms with E-state index in [1.54, 1.807) is 24.8 Å². The quantitative estimate of drug-likeness (QED) is 0.757. The molecule has 1 fully saturated rings. The molecular weight excluding hydrogens is 346 g/mol. The van der Waals surface area contributed by atoms with Crippen LogP contribution in [-0.4, -0.2) is 49.6 Å². The van der Waals surface area contributed by atoms with Gasteiger partial charge in [0.1, 0.15) is 5.54 Å². The van der Waals surface area contributed by atoms with Crippen LogP contribution in [-0.2, 0) is 19.1 Å². The Morgan fingerprint density at radius 3 is 2.59 bits per heavy atom. The third-order valence-corrected chi connectivity index (χ3v) is 5.47. The van der Waals surface area contributed by atoms with Crippen molar-refractivity contribution in [2.24, 2.45) is 5.92 Å². The molecule has 2 N–H and O–H groups in total. The van der Waals surface area contributed by atoms with Gasteiger partial charge >= 0.3 is 5.97 Å². The van der Waals surface area contributed by atoms with Crippen LogP contribution in [0.2, 0.25) is 0 Å². The van der Waals surface area contributed by atoms with Crippen molar-refractivity contribution in [3.8, 4) is 0 Å². The maximum atomic E-state index is 13.1. The Kier molecular flexibility index (Phi) is 5.51. The second kappa shape index (κ2) is 7.68. The molecule has 2 heterocycles. The van der Waals surface area contributed by atoms with Crippen molar-refractivity contribution in [3.05, 3.63) is 24.3 Å². The van der Waals surface area contributed by atoms with Crippen molar-refractivity contribution in [1.82, 2.24) is 0 Å². The molecule has 1 aromatic carbocycles. The molecule has 2 amide bonds. The zero-order valence-electron chi connectivity index (χ0n) is 16.2. The molecule has 1 aromatic rings. The predicted molar refractivity (Wildman–Crippen MR) is 102 cm³/mol. The number of hydrogen-bond donors (Lipinski definition) is 2. The summed E-state index contributed by atoms with van der Waals surface area (Å²) in [6.45, 7) is 7.54. The van der Waals surface area contributed by atoms with Gasteiger partial charge in [0.15, 0.2) is 6.54 Å². The summed E-state index contributed by atoms with van der Waals surface area (Å²) < 4.78 is 5.10. The Balaban J connectivity index is 1.69. The lowest BCUT2D eigenvalue weighted by molar-refractivity contribution is -0.897. The summed E-state index contributed by atoms with van der Waals surface area (Å²) in [5, 5.41) is 2.88. The minimum Gasteiger partial charge on any atom is -0.466 e. The monoisotopic (exact) mass is 374 g/mol. The number of anilines is 2. The number of amides is 2. The normalized spacial score (nSPS) is 24.0. The fourth-order valence-electron chi connectivity index (χ4n) is 3.89. The van der Waals surface area contributed by atoms with Gasteiger partial charge in [-0.25, -0.2) is 0 Å². The number of nitrogens with one attached hydrogen (secondary N) is 2. The maximum absolute atomic E-state index is 13.1. The number of esters is 1. The highest BCUT2D eigenvalue weighted by Gasteiger charge is 2.44. The fraction of sp³-hybridized carbons (Fsp3) is 0.550. The summed E-state index contributed by atoms with van der Waals surface area (Å²) in [5.41, 5.74) is 0.438. The van der Waals surface area contributed by atoms with Gasteiger partial charge in [-0.05, 0) is 32.9 Å². The molecular formula is C20H28N3O4+. The number of carbonyl (C=O) groups is 3. The van der Waals surface area contributed by atoms with Crippen LogP contribution in [0.4, 0.5) is 11.4 Å². The van der Waals surface area contributed by atoms with Crippen molar-refractivity contribution in [2.45, 2.75) is 39.2 Å². The van der Waals surface area contributed by atoms with Crippen molar-refractivity contribution < 1.29 is 24.0 Å². The van der Waals surface area contributed by atoms with Gasteiger partial charge in [-0.3, -0.25) is 19.3 Å². The van der Waals surface area contributed by atoms with Crippen molar-refractivity contribution in [2.75, 3.05) is 36.5 Å². The van der Waals surface area contributed by atoms with Gasteiger partial charge in [0.05, 0.1) is 37.0 Å². The number of piperidine rings is 1. The Morgan fingerprint density at radius 1 is 1.26 bits per heavy atom. The number of nitrogens with zero attached hydrogens (tertiary/aromatic N) is 1. The Morgan fingerprint density at radius 2 is 1.93 bits per heavy atom. The molecule has 0 aliphatic carbocycles. The Labute approximate surface area is 159 Å². The van der Waals surface area contributed by atoms with Crippen LogP contribution in [0.3, 0.4) is 0 Å². The highest BCUT2D eigenvalue weighted by atomic mass is 16.5. The van der Waals surface area contributed by atoms with Crippen molar-refractivity contribution in [3.63, 3.8) is 0 Å². The first kappa shape index (κ1) is 19.4. The lowest BCUT2D eigenvalue weighted by Gasteiger charge is -2.42. The second-order valence-corrected chi connectivity index (χ2v) is 7.71. The van der Waals surface area contributed by atoms with E-state index in [-0.39, 0.29) is 23.7 Å². The van der Waals surface area contributed by atoms with E-state index in [2.05, 4.69) is 5.32 Å². The summed E-state index contributed by atoms with van der Waals surface area (Å²) in [6, 6.07) is 7.37. The van der Waals surface area contributed by atoms with Gasteiger partial charge < -0.3 is 15.0 Å². The second-order valence-electron chi connectivity index (χ2n) is 7.71. The van der Waals surface area contributed by atoms with Crippen LogP contribution in [0.15, 0.2) is 24.3 Å². The molecule has 0 saturated carbocycles. The van der Waals surface area contributed by atoms with E-state index in [1.165, 1.54) is 0 Å². The van der Waals surface area contributed by atoms with E-state index in [0.29, 0.717) is 18.8 Å².